The van der Waals surface area contributed by atoms with Crippen molar-refractivity contribution in [3.05, 3.63) is 70.8 Å². The molecule has 33 heavy (non-hydrogen) atoms. The number of amides is 1. The highest BCUT2D eigenvalue weighted by Crippen LogP contribution is 2.16. The topological polar surface area (TPSA) is 180 Å². The molecule has 6 N–H and O–H groups in total. The maximum atomic E-state index is 12.3. The Hall–Kier alpha value is -4.47. The van der Waals surface area contributed by atoms with E-state index in [-0.39, 0.29) is 29.1 Å². The molecule has 10 nitrogen and oxygen atoms in total. The molecule has 2 aromatic carbocycles. The number of carbonyl (C=O) groups excluding carboxylic acids is 2. The van der Waals surface area contributed by atoms with Crippen molar-refractivity contribution in [1.29, 1.82) is 5.41 Å². The summed E-state index contributed by atoms with van der Waals surface area (Å²) in [6.07, 6.45) is 0.872. The van der Waals surface area contributed by atoms with E-state index in [4.69, 9.17) is 26.1 Å². The van der Waals surface area contributed by atoms with Gasteiger partial charge in [-0.2, -0.15) is 0 Å². The average molecular weight is 453 g/mol. The lowest BCUT2D eigenvalue weighted by Crippen LogP contribution is -2.41. The van der Waals surface area contributed by atoms with Gasteiger partial charge in [0.25, 0.3) is 0 Å². The van der Waals surface area contributed by atoms with Crippen LogP contribution in [0.2, 0.25) is 0 Å². The number of hydrogen-bond donors (Lipinski definition) is 5. The van der Waals surface area contributed by atoms with Gasteiger partial charge in [-0.15, -0.1) is 0 Å². The summed E-state index contributed by atoms with van der Waals surface area (Å²) >= 11 is 0. The quantitative estimate of drug-likeness (QED) is 0.119. The van der Waals surface area contributed by atoms with E-state index in [0.717, 1.165) is 0 Å². The van der Waals surface area contributed by atoms with Crippen LogP contribution in [0.1, 0.15) is 41.3 Å². The third kappa shape index (κ3) is 7.62. The molecule has 0 fully saturated rings. The Bertz CT molecular complexity index is 1090. The first kappa shape index (κ1) is 24.8. The molecule has 0 aliphatic rings. The minimum atomic E-state index is -1.32. The zero-order chi connectivity index (χ0) is 24.5. The van der Waals surface area contributed by atoms with E-state index in [1.165, 1.54) is 37.3 Å². The summed E-state index contributed by atoms with van der Waals surface area (Å²) in [5.74, 6) is -3.54. The minimum Gasteiger partial charge on any atom is -0.481 e. The Morgan fingerprint density at radius 1 is 1.03 bits per heavy atom. The lowest BCUT2D eigenvalue weighted by Gasteiger charge is -2.13. The van der Waals surface area contributed by atoms with E-state index in [2.05, 4.69) is 5.32 Å². The largest absolute Gasteiger partial charge is 0.481 e. The second kappa shape index (κ2) is 11.2. The van der Waals surface area contributed by atoms with Crippen LogP contribution in [-0.4, -0.2) is 45.9 Å². The molecule has 0 heterocycles. The summed E-state index contributed by atoms with van der Waals surface area (Å²) in [6.45, 7) is 1.48. The molecule has 0 aliphatic carbocycles. The fourth-order valence-corrected chi connectivity index (χ4v) is 2.70. The first-order valence-electron chi connectivity index (χ1n) is 9.77. The Labute approximate surface area is 189 Å². The van der Waals surface area contributed by atoms with Gasteiger partial charge in [-0.25, -0.2) is 9.59 Å². The number of ether oxygens (including phenoxy) is 1. The van der Waals surface area contributed by atoms with Crippen LogP contribution in [0.25, 0.3) is 6.08 Å². The van der Waals surface area contributed by atoms with E-state index in [1.54, 1.807) is 24.3 Å². The van der Waals surface area contributed by atoms with Crippen LogP contribution in [-0.2, 0) is 14.4 Å². The van der Waals surface area contributed by atoms with Gasteiger partial charge in [0.1, 0.15) is 17.6 Å². The number of esters is 1. The number of carbonyl (C=O) groups is 4. The fraction of sp³-hybridized carbons (Fsp3) is 0.174. The first-order chi connectivity index (χ1) is 15.6. The highest BCUT2D eigenvalue weighted by atomic mass is 16.5. The lowest BCUT2D eigenvalue weighted by molar-refractivity contribution is -0.142. The number of hydrogen-bond acceptors (Lipinski definition) is 6. The van der Waals surface area contributed by atoms with Crippen molar-refractivity contribution >= 4 is 35.7 Å². The summed E-state index contributed by atoms with van der Waals surface area (Å²) < 4.78 is 5.27. The molecule has 1 amide bonds. The van der Waals surface area contributed by atoms with Crippen LogP contribution in [0, 0.1) is 5.41 Å². The average Bonchev–Trinajstić information content (AvgIpc) is 2.76. The maximum absolute atomic E-state index is 12.3. The van der Waals surface area contributed by atoms with Crippen molar-refractivity contribution in [1.82, 2.24) is 5.32 Å². The number of benzene rings is 2. The smallest absolute Gasteiger partial charge is 0.343 e. The van der Waals surface area contributed by atoms with Crippen LogP contribution in [0.15, 0.2) is 54.1 Å². The molecule has 0 spiro atoms. The molecule has 0 radical (unpaired) electrons. The molecule has 1 unspecified atom stereocenters. The van der Waals surface area contributed by atoms with Gasteiger partial charge in [0.15, 0.2) is 0 Å². The number of nitrogens with two attached hydrogens (primary N) is 1. The molecule has 0 saturated heterocycles. The van der Waals surface area contributed by atoms with E-state index in [0.29, 0.717) is 11.1 Å². The predicted molar refractivity (Wildman–Crippen MR) is 119 cm³/mol. The van der Waals surface area contributed by atoms with Crippen LogP contribution >= 0.6 is 0 Å². The molecule has 0 aromatic heterocycles. The number of aliphatic carboxylic acids is 2. The highest BCUT2D eigenvalue weighted by Gasteiger charge is 2.21. The Morgan fingerprint density at radius 2 is 1.61 bits per heavy atom. The Kier molecular flexibility index (Phi) is 8.44. The van der Waals surface area contributed by atoms with E-state index < -0.39 is 36.3 Å². The second-order valence-corrected chi connectivity index (χ2v) is 7.07. The minimum absolute atomic E-state index is 0.0979. The predicted octanol–water partition coefficient (Wildman–Crippen LogP) is 2.03. The molecule has 0 aliphatic heterocycles. The Balaban J connectivity index is 2.01. The number of carboxylic acids is 2. The van der Waals surface area contributed by atoms with Crippen molar-refractivity contribution in [2.45, 2.75) is 25.8 Å². The van der Waals surface area contributed by atoms with Gasteiger partial charge < -0.3 is 26.0 Å². The van der Waals surface area contributed by atoms with Gasteiger partial charge in [0.2, 0.25) is 5.91 Å². The summed E-state index contributed by atoms with van der Waals surface area (Å²) in [6, 6.07) is 11.0. The summed E-state index contributed by atoms with van der Waals surface area (Å²) in [7, 11) is 0. The van der Waals surface area contributed by atoms with Gasteiger partial charge in [-0.3, -0.25) is 15.0 Å². The van der Waals surface area contributed by atoms with Crippen molar-refractivity contribution in [3.8, 4) is 5.75 Å². The van der Waals surface area contributed by atoms with Crippen LogP contribution < -0.4 is 15.8 Å². The van der Waals surface area contributed by atoms with Gasteiger partial charge in [-0.05, 0) is 61.4 Å². The maximum Gasteiger partial charge on any atom is 0.343 e. The lowest BCUT2D eigenvalue weighted by atomic mass is 10.1. The number of amidine groups is 1. The molecular formula is C23H23N3O7. The van der Waals surface area contributed by atoms with Crippen LogP contribution in [0.5, 0.6) is 5.75 Å². The highest BCUT2D eigenvalue weighted by molar-refractivity contribution is 5.99. The third-order valence-electron chi connectivity index (χ3n) is 4.51. The monoisotopic (exact) mass is 453 g/mol. The molecule has 0 saturated carbocycles. The molecule has 2 rings (SSSR count). The van der Waals surface area contributed by atoms with E-state index in [9.17, 15) is 19.2 Å². The van der Waals surface area contributed by atoms with Crippen molar-refractivity contribution < 1.29 is 34.1 Å². The Morgan fingerprint density at radius 3 is 2.12 bits per heavy atom. The van der Waals surface area contributed by atoms with Gasteiger partial charge in [-0.1, -0.05) is 12.1 Å². The SMILES string of the molecule is C/C(=C\c1ccc(C(=O)Oc2ccc(C(=N)N)cc2)cc1)C(=O)NC(CCC(=O)O)C(=O)O. The standard InChI is InChI=1S/C23H23N3O7/c1-13(21(29)26-18(22(30)31)10-11-19(27)28)12-14-2-4-16(5-3-14)23(32)33-17-8-6-15(7-9-17)20(24)25/h2-9,12,18H,10-11H2,1H3,(H3,24,25)(H,26,29)(H,27,28)(H,30,31)/b13-12+. The first-order valence-corrected chi connectivity index (χ1v) is 9.77. The second-order valence-electron chi connectivity index (χ2n) is 7.07. The third-order valence-corrected chi connectivity index (χ3v) is 4.51. The van der Waals surface area contributed by atoms with Crippen molar-refractivity contribution in [2.24, 2.45) is 5.73 Å². The summed E-state index contributed by atoms with van der Waals surface area (Å²) in [4.78, 5) is 46.4. The van der Waals surface area contributed by atoms with Crippen LogP contribution in [0.4, 0.5) is 0 Å². The molecule has 0 bridgehead atoms. The van der Waals surface area contributed by atoms with Crippen molar-refractivity contribution in [2.75, 3.05) is 0 Å². The summed E-state index contributed by atoms with van der Waals surface area (Å²) in [5.41, 5.74) is 6.94. The van der Waals surface area contributed by atoms with E-state index >= 15 is 0 Å². The van der Waals surface area contributed by atoms with E-state index in [1.807, 2.05) is 0 Å². The summed E-state index contributed by atoms with van der Waals surface area (Å²) in [5, 5.41) is 27.5. The van der Waals surface area contributed by atoms with Gasteiger partial charge >= 0.3 is 17.9 Å². The zero-order valence-electron chi connectivity index (χ0n) is 17.7. The van der Waals surface area contributed by atoms with Gasteiger partial charge in [0.05, 0.1) is 5.56 Å². The number of rotatable bonds is 10. The number of nitrogen functional groups attached to an aromatic ring is 1. The number of carboxylic acid groups (broad SMARTS) is 2. The van der Waals surface area contributed by atoms with Crippen molar-refractivity contribution in [3.63, 3.8) is 0 Å². The number of nitrogens with one attached hydrogen (secondary N) is 2. The zero-order valence-corrected chi connectivity index (χ0v) is 17.7. The normalized spacial score (nSPS) is 11.8. The molecular weight excluding hydrogens is 430 g/mol. The molecule has 1 atom stereocenters. The molecule has 172 valence electrons. The molecule has 10 heteroatoms. The van der Waals surface area contributed by atoms with Gasteiger partial charge in [0, 0.05) is 17.6 Å². The fourth-order valence-electron chi connectivity index (χ4n) is 2.70. The molecule has 2 aromatic rings. The van der Waals surface area contributed by atoms with Crippen LogP contribution in [0.3, 0.4) is 0 Å².